The van der Waals surface area contributed by atoms with Crippen molar-refractivity contribution in [3.63, 3.8) is 0 Å². The average Bonchev–Trinajstić information content (AvgIpc) is 3.46. The maximum absolute atomic E-state index is 13.6. The Morgan fingerprint density at radius 1 is 1.10 bits per heavy atom. The number of aromatic amines is 1. The smallest absolute Gasteiger partial charge is 0.262 e. The molecule has 1 unspecified atom stereocenters. The lowest BCUT2D eigenvalue weighted by molar-refractivity contribution is 0.0975. The number of ether oxygens (including phenoxy) is 1. The summed E-state index contributed by atoms with van der Waals surface area (Å²) in [6, 6.07) is 19.2. The number of carbonyl (C=O) groups excluding carboxylic acids is 1. The van der Waals surface area contributed by atoms with Crippen molar-refractivity contribution in [3.8, 4) is 16.3 Å². The van der Waals surface area contributed by atoms with Gasteiger partial charge in [0.25, 0.3) is 5.91 Å². The molecular weight excluding hydrogens is 396 g/mol. The summed E-state index contributed by atoms with van der Waals surface area (Å²) < 4.78 is 5.57. The number of carbonyl (C=O) groups is 1. The zero-order valence-electron chi connectivity index (χ0n) is 16.3. The average molecular weight is 417 g/mol. The number of nitrogens with one attached hydrogen (secondary N) is 2. The number of benzene rings is 2. The first kappa shape index (κ1) is 18.4. The van der Waals surface area contributed by atoms with E-state index in [9.17, 15) is 4.79 Å². The molecule has 0 aliphatic carbocycles. The Bertz CT molecular complexity index is 1170. The third-order valence-electron chi connectivity index (χ3n) is 5.08. The van der Waals surface area contributed by atoms with Gasteiger partial charge < -0.3 is 10.1 Å². The molecule has 6 nitrogen and oxygen atoms in total. The molecule has 1 amide bonds. The quantitative estimate of drug-likeness (QED) is 0.463. The summed E-state index contributed by atoms with van der Waals surface area (Å²) >= 11 is 1.63. The summed E-state index contributed by atoms with van der Waals surface area (Å²) in [5.41, 5.74) is 4.06. The highest BCUT2D eigenvalue weighted by molar-refractivity contribution is 7.13. The number of hydrogen-bond donors (Lipinski definition) is 2. The zero-order valence-corrected chi connectivity index (χ0v) is 17.1. The molecule has 0 spiro atoms. The summed E-state index contributed by atoms with van der Waals surface area (Å²) in [5, 5.41) is 13.0. The van der Waals surface area contributed by atoms with E-state index in [1.54, 1.807) is 22.4 Å². The van der Waals surface area contributed by atoms with Crippen LogP contribution in [-0.2, 0) is 0 Å². The Labute approximate surface area is 178 Å². The van der Waals surface area contributed by atoms with Crippen molar-refractivity contribution in [2.75, 3.05) is 16.8 Å². The standard InChI is InChI=1S/C23H20N4O2S/c1-2-29-16-11-9-15(10-12-16)27-22(25-19-7-4-3-6-17(19)23(27)28)18-14-24-26-21(18)20-8-5-13-30-20/h3-14,22,25H,2H2,1H3,(H,24,26). The molecular formula is C23H20N4O2S. The summed E-state index contributed by atoms with van der Waals surface area (Å²) in [7, 11) is 0. The normalized spacial score (nSPS) is 15.6. The van der Waals surface area contributed by atoms with Crippen molar-refractivity contribution in [1.82, 2.24) is 10.2 Å². The molecule has 5 rings (SSSR count). The Kier molecular flexibility index (Phi) is 4.72. The van der Waals surface area contributed by atoms with Gasteiger partial charge in [-0.05, 0) is 54.8 Å². The molecule has 7 heteroatoms. The van der Waals surface area contributed by atoms with E-state index in [4.69, 9.17) is 4.74 Å². The van der Waals surface area contributed by atoms with Crippen molar-refractivity contribution in [1.29, 1.82) is 0 Å². The Morgan fingerprint density at radius 2 is 1.93 bits per heavy atom. The summed E-state index contributed by atoms with van der Waals surface area (Å²) in [6.45, 7) is 2.54. The van der Waals surface area contributed by atoms with Crippen LogP contribution in [0.2, 0.25) is 0 Å². The van der Waals surface area contributed by atoms with Crippen LogP contribution in [0.25, 0.3) is 10.6 Å². The number of fused-ring (bicyclic) bond motifs is 1. The van der Waals surface area contributed by atoms with Crippen LogP contribution in [0.3, 0.4) is 0 Å². The molecule has 2 N–H and O–H groups in total. The van der Waals surface area contributed by atoms with Crippen molar-refractivity contribution in [2.24, 2.45) is 0 Å². The first-order valence-electron chi connectivity index (χ1n) is 9.75. The molecule has 0 saturated carbocycles. The van der Waals surface area contributed by atoms with E-state index < -0.39 is 6.17 Å². The number of para-hydroxylation sites is 1. The minimum atomic E-state index is -0.402. The highest BCUT2D eigenvalue weighted by Gasteiger charge is 2.36. The van der Waals surface area contributed by atoms with E-state index in [-0.39, 0.29) is 5.91 Å². The number of rotatable bonds is 5. The van der Waals surface area contributed by atoms with E-state index in [2.05, 4.69) is 15.5 Å². The summed E-state index contributed by atoms with van der Waals surface area (Å²) in [4.78, 5) is 16.4. The third-order valence-corrected chi connectivity index (χ3v) is 5.97. The van der Waals surface area contributed by atoms with Crippen LogP contribution < -0.4 is 15.0 Å². The van der Waals surface area contributed by atoms with Gasteiger partial charge >= 0.3 is 0 Å². The predicted octanol–water partition coefficient (Wildman–Crippen LogP) is 5.31. The molecule has 2 aromatic heterocycles. The van der Waals surface area contributed by atoms with Crippen LogP contribution in [0.1, 0.15) is 29.0 Å². The largest absolute Gasteiger partial charge is 0.494 e. The van der Waals surface area contributed by atoms with Crippen molar-refractivity contribution < 1.29 is 9.53 Å². The molecule has 0 saturated heterocycles. The Morgan fingerprint density at radius 3 is 2.70 bits per heavy atom. The number of hydrogen-bond acceptors (Lipinski definition) is 5. The monoisotopic (exact) mass is 416 g/mol. The predicted molar refractivity (Wildman–Crippen MR) is 119 cm³/mol. The van der Waals surface area contributed by atoms with Gasteiger partial charge in [0.15, 0.2) is 0 Å². The van der Waals surface area contributed by atoms with E-state index in [0.29, 0.717) is 12.2 Å². The fourth-order valence-electron chi connectivity index (χ4n) is 3.73. The molecule has 3 heterocycles. The van der Waals surface area contributed by atoms with Crippen LogP contribution in [-0.4, -0.2) is 22.7 Å². The molecule has 1 atom stereocenters. The van der Waals surface area contributed by atoms with Gasteiger partial charge in [0.05, 0.1) is 28.9 Å². The third kappa shape index (κ3) is 3.13. The Hall–Kier alpha value is -3.58. The van der Waals surface area contributed by atoms with E-state index in [0.717, 1.165) is 33.3 Å². The minimum Gasteiger partial charge on any atom is -0.494 e. The number of thiophene rings is 1. The Balaban J connectivity index is 1.62. The van der Waals surface area contributed by atoms with E-state index in [1.165, 1.54) is 0 Å². The SMILES string of the molecule is CCOc1ccc(N2C(=O)c3ccccc3NC2c2cn[nH]c2-c2cccs2)cc1. The van der Waals surface area contributed by atoms with Gasteiger partial charge in [-0.3, -0.25) is 14.8 Å². The van der Waals surface area contributed by atoms with Crippen LogP contribution in [0.5, 0.6) is 5.75 Å². The topological polar surface area (TPSA) is 70.2 Å². The molecule has 1 aliphatic heterocycles. The van der Waals surface area contributed by atoms with E-state index in [1.807, 2.05) is 73.0 Å². The molecule has 0 bridgehead atoms. The zero-order chi connectivity index (χ0) is 20.5. The second-order valence-corrected chi connectivity index (χ2v) is 7.82. The lowest BCUT2D eigenvalue weighted by Gasteiger charge is -2.38. The number of amides is 1. The van der Waals surface area contributed by atoms with Gasteiger partial charge in [-0.15, -0.1) is 11.3 Å². The first-order chi connectivity index (χ1) is 14.8. The van der Waals surface area contributed by atoms with Gasteiger partial charge in [-0.2, -0.15) is 5.10 Å². The van der Waals surface area contributed by atoms with Gasteiger partial charge in [0.2, 0.25) is 0 Å². The van der Waals surface area contributed by atoms with Gasteiger partial charge in [0, 0.05) is 16.9 Å². The second kappa shape index (κ2) is 7.68. The summed E-state index contributed by atoms with van der Waals surface area (Å²) in [5.74, 6) is 0.718. The number of nitrogens with zero attached hydrogens (tertiary/aromatic N) is 2. The number of H-pyrrole nitrogens is 1. The van der Waals surface area contributed by atoms with Crippen LogP contribution >= 0.6 is 11.3 Å². The highest BCUT2D eigenvalue weighted by Crippen LogP contribution is 2.40. The maximum Gasteiger partial charge on any atom is 0.262 e. The van der Waals surface area contributed by atoms with Gasteiger partial charge in [0.1, 0.15) is 11.9 Å². The molecule has 1 aliphatic rings. The van der Waals surface area contributed by atoms with Crippen LogP contribution in [0.4, 0.5) is 11.4 Å². The van der Waals surface area contributed by atoms with Crippen LogP contribution in [0.15, 0.2) is 72.2 Å². The first-order valence-corrected chi connectivity index (χ1v) is 10.6. The van der Waals surface area contributed by atoms with E-state index >= 15 is 0 Å². The molecule has 0 fully saturated rings. The lowest BCUT2D eigenvalue weighted by atomic mass is 10.0. The summed E-state index contributed by atoms with van der Waals surface area (Å²) in [6.07, 6.45) is 1.39. The second-order valence-electron chi connectivity index (χ2n) is 6.87. The minimum absolute atomic E-state index is 0.0585. The molecule has 4 aromatic rings. The highest BCUT2D eigenvalue weighted by atomic mass is 32.1. The lowest BCUT2D eigenvalue weighted by Crippen LogP contribution is -2.43. The van der Waals surface area contributed by atoms with Crippen molar-refractivity contribution in [3.05, 3.63) is 83.4 Å². The number of aromatic nitrogens is 2. The van der Waals surface area contributed by atoms with Crippen molar-refractivity contribution >= 4 is 28.6 Å². The molecule has 2 aromatic carbocycles. The van der Waals surface area contributed by atoms with Gasteiger partial charge in [-0.1, -0.05) is 18.2 Å². The van der Waals surface area contributed by atoms with Crippen LogP contribution in [0, 0.1) is 0 Å². The molecule has 0 radical (unpaired) electrons. The van der Waals surface area contributed by atoms with Crippen molar-refractivity contribution in [2.45, 2.75) is 13.1 Å². The fourth-order valence-corrected chi connectivity index (χ4v) is 4.47. The molecule has 30 heavy (non-hydrogen) atoms. The fraction of sp³-hybridized carbons (Fsp3) is 0.130. The maximum atomic E-state index is 13.6. The molecule has 150 valence electrons. The number of anilines is 2. The van der Waals surface area contributed by atoms with Gasteiger partial charge in [-0.25, -0.2) is 0 Å².